The van der Waals surface area contributed by atoms with Gasteiger partial charge in [0.15, 0.2) is 0 Å². The largest absolute Gasteiger partial charge is 0.357 e. The van der Waals surface area contributed by atoms with Crippen molar-refractivity contribution in [2.75, 3.05) is 17.9 Å². The molecular weight excluding hydrogens is 493 g/mol. The quantitative estimate of drug-likeness (QED) is 0.430. The van der Waals surface area contributed by atoms with Gasteiger partial charge in [-0.3, -0.25) is 13.9 Å². The lowest BCUT2D eigenvalue weighted by molar-refractivity contribution is -0.140. The van der Waals surface area contributed by atoms with Crippen molar-refractivity contribution >= 4 is 27.5 Å². The number of likely N-dealkylation sites (N-methyl/N-ethyl adjacent to an activating group) is 1. The molecule has 0 fully saturated rings. The fourth-order valence-corrected chi connectivity index (χ4v) is 5.69. The van der Waals surface area contributed by atoms with E-state index in [1.807, 2.05) is 13.0 Å². The first-order valence-electron chi connectivity index (χ1n) is 12.0. The molecule has 7 nitrogen and oxygen atoms in total. The van der Waals surface area contributed by atoms with Crippen molar-refractivity contribution in [3.8, 4) is 0 Å². The van der Waals surface area contributed by atoms with Gasteiger partial charge in [0, 0.05) is 13.6 Å². The van der Waals surface area contributed by atoms with E-state index in [2.05, 4.69) is 5.32 Å². The second-order valence-electron chi connectivity index (χ2n) is 8.80. The summed E-state index contributed by atoms with van der Waals surface area (Å²) in [6.07, 6.45) is 0.307. The standard InChI is InChI=1S/C28H32FN3O4S/c1-5-25(28(34)30-4)31(18-22-12-14-23(29)15-13-22)27(33)19-32(26-16-11-20(2)17-21(26)3)37(35,36)24-9-7-6-8-10-24/h6-17,25H,5,18-19H2,1-4H3,(H,30,34)/t25-/m0/s1. The Hall–Kier alpha value is -3.72. The third-order valence-electron chi connectivity index (χ3n) is 6.13. The summed E-state index contributed by atoms with van der Waals surface area (Å²) < 4.78 is 42.2. The fourth-order valence-electron chi connectivity index (χ4n) is 4.19. The molecule has 0 aromatic heterocycles. The Kier molecular flexibility index (Phi) is 9.04. The maximum atomic E-state index is 13.8. The maximum absolute atomic E-state index is 13.8. The number of aryl methyl sites for hydroxylation is 2. The Morgan fingerprint density at radius 1 is 0.973 bits per heavy atom. The van der Waals surface area contributed by atoms with E-state index in [0.717, 1.165) is 9.87 Å². The summed E-state index contributed by atoms with van der Waals surface area (Å²) in [5.74, 6) is -1.35. The molecule has 0 spiro atoms. The van der Waals surface area contributed by atoms with Crippen molar-refractivity contribution in [1.82, 2.24) is 10.2 Å². The number of sulfonamides is 1. The smallest absolute Gasteiger partial charge is 0.264 e. The van der Waals surface area contributed by atoms with Crippen LogP contribution < -0.4 is 9.62 Å². The molecule has 37 heavy (non-hydrogen) atoms. The van der Waals surface area contributed by atoms with Gasteiger partial charge in [-0.15, -0.1) is 0 Å². The fraction of sp³-hybridized carbons (Fsp3) is 0.286. The zero-order valence-electron chi connectivity index (χ0n) is 21.4. The summed E-state index contributed by atoms with van der Waals surface area (Å²) >= 11 is 0. The van der Waals surface area contributed by atoms with Crippen LogP contribution in [0, 0.1) is 19.7 Å². The number of amides is 2. The molecule has 0 heterocycles. The Labute approximate surface area is 218 Å². The lowest BCUT2D eigenvalue weighted by Gasteiger charge is -2.33. The number of carbonyl (C=O) groups excluding carboxylic acids is 2. The highest BCUT2D eigenvalue weighted by Crippen LogP contribution is 2.28. The molecule has 0 aliphatic heterocycles. The molecule has 9 heteroatoms. The van der Waals surface area contributed by atoms with E-state index in [0.29, 0.717) is 23.2 Å². The Morgan fingerprint density at radius 3 is 2.19 bits per heavy atom. The first-order valence-corrected chi connectivity index (χ1v) is 13.4. The molecule has 196 valence electrons. The molecular formula is C28H32FN3O4S. The summed E-state index contributed by atoms with van der Waals surface area (Å²) in [4.78, 5) is 27.9. The van der Waals surface area contributed by atoms with Crippen molar-refractivity contribution in [1.29, 1.82) is 0 Å². The Bertz CT molecular complexity index is 1350. The molecule has 0 aliphatic rings. The highest BCUT2D eigenvalue weighted by molar-refractivity contribution is 7.92. The summed E-state index contributed by atoms with van der Waals surface area (Å²) in [5.41, 5.74) is 2.63. The number of hydrogen-bond acceptors (Lipinski definition) is 4. The third-order valence-corrected chi connectivity index (χ3v) is 7.90. The lowest BCUT2D eigenvalue weighted by atomic mass is 10.1. The van der Waals surface area contributed by atoms with Crippen LogP contribution in [-0.2, 0) is 26.2 Å². The van der Waals surface area contributed by atoms with Gasteiger partial charge in [-0.2, -0.15) is 0 Å². The van der Waals surface area contributed by atoms with E-state index < -0.39 is 34.3 Å². The minimum absolute atomic E-state index is 0.0111. The molecule has 0 unspecified atom stereocenters. The van der Waals surface area contributed by atoms with Crippen molar-refractivity contribution in [3.05, 3.63) is 95.3 Å². The highest BCUT2D eigenvalue weighted by Gasteiger charge is 2.33. The van der Waals surface area contributed by atoms with Crippen LogP contribution in [0.4, 0.5) is 10.1 Å². The number of carbonyl (C=O) groups is 2. The van der Waals surface area contributed by atoms with Crippen molar-refractivity contribution in [2.24, 2.45) is 0 Å². The number of halogens is 1. The van der Waals surface area contributed by atoms with E-state index >= 15 is 0 Å². The Balaban J connectivity index is 2.08. The predicted octanol–water partition coefficient (Wildman–Crippen LogP) is 4.19. The van der Waals surface area contributed by atoms with Crippen LogP contribution in [0.2, 0.25) is 0 Å². The number of rotatable bonds is 10. The number of benzene rings is 3. The van der Waals surface area contributed by atoms with Gasteiger partial charge in [-0.25, -0.2) is 12.8 Å². The van der Waals surface area contributed by atoms with Gasteiger partial charge < -0.3 is 10.2 Å². The molecule has 0 saturated carbocycles. The Morgan fingerprint density at radius 2 is 1.62 bits per heavy atom. The lowest BCUT2D eigenvalue weighted by Crippen LogP contribution is -2.51. The van der Waals surface area contributed by atoms with Crippen molar-refractivity contribution in [3.63, 3.8) is 0 Å². The summed E-state index contributed by atoms with van der Waals surface area (Å²) in [6, 6.07) is 18.0. The molecule has 2 amide bonds. The van der Waals surface area contributed by atoms with Gasteiger partial charge in [0.1, 0.15) is 18.4 Å². The summed E-state index contributed by atoms with van der Waals surface area (Å²) in [5, 5.41) is 2.58. The molecule has 3 aromatic rings. The van der Waals surface area contributed by atoms with Crippen LogP contribution in [0.25, 0.3) is 0 Å². The first-order chi connectivity index (χ1) is 17.6. The van der Waals surface area contributed by atoms with Crippen molar-refractivity contribution in [2.45, 2.75) is 44.7 Å². The van der Waals surface area contributed by atoms with Crippen LogP contribution in [-0.4, -0.2) is 44.8 Å². The average molecular weight is 526 g/mol. The summed E-state index contributed by atoms with van der Waals surface area (Å²) in [6.45, 7) is 4.95. The van der Waals surface area contributed by atoms with Gasteiger partial charge in [0.2, 0.25) is 11.8 Å². The summed E-state index contributed by atoms with van der Waals surface area (Å²) in [7, 11) is -2.64. The molecule has 0 saturated heterocycles. The normalized spacial score (nSPS) is 12.0. The zero-order valence-corrected chi connectivity index (χ0v) is 22.3. The second-order valence-corrected chi connectivity index (χ2v) is 10.7. The number of nitrogens with zero attached hydrogens (tertiary/aromatic N) is 2. The van der Waals surface area contributed by atoms with Crippen LogP contribution in [0.1, 0.15) is 30.0 Å². The van der Waals surface area contributed by atoms with E-state index in [1.54, 1.807) is 44.2 Å². The monoisotopic (exact) mass is 525 g/mol. The van der Waals surface area contributed by atoms with Crippen molar-refractivity contribution < 1.29 is 22.4 Å². The van der Waals surface area contributed by atoms with Gasteiger partial charge in [-0.05, 0) is 61.7 Å². The van der Waals surface area contributed by atoms with Crippen LogP contribution >= 0.6 is 0 Å². The third kappa shape index (κ3) is 6.54. The number of anilines is 1. The number of nitrogens with one attached hydrogen (secondary N) is 1. The van der Waals surface area contributed by atoms with Crippen LogP contribution in [0.15, 0.2) is 77.7 Å². The molecule has 0 aliphatic carbocycles. The highest BCUT2D eigenvalue weighted by atomic mass is 32.2. The van der Waals surface area contributed by atoms with Gasteiger partial charge in [0.25, 0.3) is 10.0 Å². The SMILES string of the molecule is CC[C@@H](C(=O)NC)N(Cc1ccc(F)cc1)C(=O)CN(c1ccc(C)cc1C)S(=O)(=O)c1ccccc1. The van der Waals surface area contributed by atoms with Crippen LogP contribution in [0.5, 0.6) is 0 Å². The molecule has 0 radical (unpaired) electrons. The molecule has 1 atom stereocenters. The first kappa shape index (κ1) is 27.9. The number of hydrogen-bond donors (Lipinski definition) is 1. The van der Waals surface area contributed by atoms with E-state index in [-0.39, 0.29) is 17.3 Å². The molecule has 1 N–H and O–H groups in total. The predicted molar refractivity (Wildman–Crippen MR) is 142 cm³/mol. The van der Waals surface area contributed by atoms with E-state index in [9.17, 15) is 22.4 Å². The minimum atomic E-state index is -4.12. The second kappa shape index (κ2) is 12.0. The van der Waals surface area contributed by atoms with Gasteiger partial charge in [0.05, 0.1) is 10.6 Å². The molecule has 3 aromatic carbocycles. The molecule has 0 bridgehead atoms. The van der Waals surface area contributed by atoms with E-state index in [1.165, 1.54) is 48.3 Å². The van der Waals surface area contributed by atoms with Crippen LogP contribution in [0.3, 0.4) is 0 Å². The zero-order chi connectivity index (χ0) is 27.2. The average Bonchev–Trinajstić information content (AvgIpc) is 2.88. The topological polar surface area (TPSA) is 86.8 Å². The minimum Gasteiger partial charge on any atom is -0.357 e. The maximum Gasteiger partial charge on any atom is 0.264 e. The molecule has 3 rings (SSSR count). The van der Waals surface area contributed by atoms with Gasteiger partial charge in [-0.1, -0.05) is 55.0 Å². The van der Waals surface area contributed by atoms with E-state index in [4.69, 9.17) is 0 Å². The van der Waals surface area contributed by atoms with Gasteiger partial charge >= 0.3 is 0 Å².